The highest BCUT2D eigenvalue weighted by atomic mass is 32.1. The van der Waals surface area contributed by atoms with Crippen LogP contribution in [0.15, 0.2) is 10.8 Å². The summed E-state index contributed by atoms with van der Waals surface area (Å²) in [6.45, 7) is 6.88. The molecule has 1 atom stereocenters. The Morgan fingerprint density at radius 2 is 2.15 bits per heavy atom. The van der Waals surface area contributed by atoms with Crippen molar-refractivity contribution in [1.29, 1.82) is 0 Å². The predicted molar refractivity (Wildman–Crippen MR) is 78.0 cm³/mol. The number of carbonyl (C=O) groups excluding carboxylic acids is 1. The van der Waals surface area contributed by atoms with Crippen LogP contribution in [0.3, 0.4) is 0 Å². The van der Waals surface area contributed by atoms with E-state index in [1.54, 1.807) is 11.3 Å². The second-order valence-electron chi connectivity index (χ2n) is 5.77. The molecule has 3 rings (SSSR count). The zero-order valence-corrected chi connectivity index (χ0v) is 12.9. The van der Waals surface area contributed by atoms with Crippen LogP contribution >= 0.6 is 11.3 Å². The first kappa shape index (κ1) is 14.0. The van der Waals surface area contributed by atoms with Crippen LogP contribution in [0.1, 0.15) is 35.7 Å². The fourth-order valence-electron chi connectivity index (χ4n) is 3.11. The largest absolute Gasteiger partial charge is 0.347 e. The molecule has 0 N–H and O–H groups in total. The third-order valence-electron chi connectivity index (χ3n) is 4.40. The molecule has 0 unspecified atom stereocenters. The topological polar surface area (TPSA) is 38.8 Å². The van der Waals surface area contributed by atoms with Gasteiger partial charge in [-0.15, -0.1) is 0 Å². The molecule has 0 saturated carbocycles. The van der Waals surface area contributed by atoms with Gasteiger partial charge in [-0.2, -0.15) is 11.3 Å². The van der Waals surface area contributed by atoms with Crippen LogP contribution in [0.25, 0.3) is 0 Å². The number of likely N-dealkylation sites (tertiary alicyclic amines) is 1. The van der Waals surface area contributed by atoms with Gasteiger partial charge in [0.2, 0.25) is 0 Å². The standard InChI is InChI=1S/C15H21NO3S/c1-11-9-20-10-13(11)14(17)16-5-3-4-12(8-16)15(2)18-6-7-19-15/h9-10,12H,3-8H2,1-2H3/t12-/m0/s1. The van der Waals surface area contributed by atoms with Gasteiger partial charge in [0.25, 0.3) is 5.91 Å². The molecule has 2 saturated heterocycles. The molecule has 2 fully saturated rings. The van der Waals surface area contributed by atoms with Crippen molar-refractivity contribution >= 4 is 17.2 Å². The number of aryl methyl sites for hydroxylation is 1. The van der Waals surface area contributed by atoms with E-state index < -0.39 is 5.79 Å². The van der Waals surface area contributed by atoms with E-state index in [9.17, 15) is 4.79 Å². The van der Waals surface area contributed by atoms with Crippen molar-refractivity contribution < 1.29 is 14.3 Å². The molecule has 2 aliphatic rings. The van der Waals surface area contributed by atoms with Crippen molar-refractivity contribution in [2.45, 2.75) is 32.5 Å². The Morgan fingerprint density at radius 1 is 1.40 bits per heavy atom. The molecule has 2 aliphatic heterocycles. The Hall–Kier alpha value is -0.910. The maximum absolute atomic E-state index is 12.6. The highest BCUT2D eigenvalue weighted by Crippen LogP contribution is 2.34. The predicted octanol–water partition coefficient (Wildman–Crippen LogP) is 2.67. The second-order valence-corrected chi connectivity index (χ2v) is 6.52. The molecule has 20 heavy (non-hydrogen) atoms. The molecule has 1 aromatic heterocycles. The minimum atomic E-state index is -0.511. The van der Waals surface area contributed by atoms with E-state index in [0.717, 1.165) is 37.1 Å². The van der Waals surface area contributed by atoms with Crippen LogP contribution < -0.4 is 0 Å². The smallest absolute Gasteiger partial charge is 0.254 e. The van der Waals surface area contributed by atoms with Crippen molar-refractivity contribution in [3.05, 3.63) is 21.9 Å². The fraction of sp³-hybridized carbons (Fsp3) is 0.667. The fourth-order valence-corrected chi connectivity index (χ4v) is 3.93. The van der Waals surface area contributed by atoms with Gasteiger partial charge < -0.3 is 14.4 Å². The Morgan fingerprint density at radius 3 is 2.80 bits per heavy atom. The van der Waals surface area contributed by atoms with Crippen molar-refractivity contribution in [3.8, 4) is 0 Å². The molecular formula is C15H21NO3S. The average Bonchev–Trinajstić information content (AvgIpc) is 3.08. The van der Waals surface area contributed by atoms with Crippen molar-refractivity contribution in [2.75, 3.05) is 26.3 Å². The second kappa shape index (κ2) is 5.47. The normalized spacial score (nSPS) is 25.9. The van der Waals surface area contributed by atoms with Gasteiger partial charge in [0.1, 0.15) is 0 Å². The quantitative estimate of drug-likeness (QED) is 0.842. The monoisotopic (exact) mass is 295 g/mol. The van der Waals surface area contributed by atoms with Gasteiger partial charge in [0.05, 0.1) is 18.8 Å². The first-order valence-electron chi connectivity index (χ1n) is 7.20. The first-order valence-corrected chi connectivity index (χ1v) is 8.14. The van der Waals surface area contributed by atoms with Gasteiger partial charge in [0, 0.05) is 24.4 Å². The number of nitrogens with zero attached hydrogens (tertiary/aromatic N) is 1. The van der Waals surface area contributed by atoms with E-state index in [1.807, 2.05) is 29.5 Å². The number of thiophene rings is 1. The summed E-state index contributed by atoms with van der Waals surface area (Å²) in [5.74, 6) is -0.0977. The van der Waals surface area contributed by atoms with Gasteiger partial charge >= 0.3 is 0 Å². The molecule has 0 aliphatic carbocycles. The van der Waals surface area contributed by atoms with Crippen LogP contribution in [0.2, 0.25) is 0 Å². The zero-order valence-electron chi connectivity index (χ0n) is 12.1. The van der Waals surface area contributed by atoms with Gasteiger partial charge in [-0.3, -0.25) is 4.79 Å². The van der Waals surface area contributed by atoms with Gasteiger partial charge in [0.15, 0.2) is 5.79 Å². The van der Waals surface area contributed by atoms with E-state index in [0.29, 0.717) is 13.2 Å². The van der Waals surface area contributed by atoms with Gasteiger partial charge in [-0.05, 0) is 37.6 Å². The lowest BCUT2D eigenvalue weighted by atomic mass is 9.90. The summed E-state index contributed by atoms with van der Waals surface area (Å²) in [4.78, 5) is 14.6. The number of piperidine rings is 1. The zero-order chi connectivity index (χ0) is 14.2. The Bertz CT molecular complexity index is 493. The number of rotatable bonds is 2. The minimum absolute atomic E-state index is 0.148. The Balaban J connectivity index is 1.72. The summed E-state index contributed by atoms with van der Waals surface area (Å²) >= 11 is 1.59. The van der Waals surface area contributed by atoms with Crippen LogP contribution in [0, 0.1) is 12.8 Å². The molecule has 110 valence electrons. The SMILES string of the molecule is Cc1cscc1C(=O)N1CCC[C@H](C2(C)OCCO2)C1. The van der Waals surface area contributed by atoms with E-state index in [4.69, 9.17) is 9.47 Å². The van der Waals surface area contributed by atoms with Crippen molar-refractivity contribution in [2.24, 2.45) is 5.92 Å². The maximum atomic E-state index is 12.6. The molecular weight excluding hydrogens is 274 g/mol. The number of carbonyl (C=O) groups is 1. The van der Waals surface area contributed by atoms with Crippen molar-refractivity contribution in [3.63, 3.8) is 0 Å². The summed E-state index contributed by atoms with van der Waals surface area (Å²) in [7, 11) is 0. The third kappa shape index (κ3) is 2.50. The molecule has 0 bridgehead atoms. The molecule has 3 heterocycles. The molecule has 4 nitrogen and oxygen atoms in total. The van der Waals surface area contributed by atoms with Gasteiger partial charge in [-0.25, -0.2) is 0 Å². The minimum Gasteiger partial charge on any atom is -0.347 e. The van der Waals surface area contributed by atoms with E-state index in [1.165, 1.54) is 0 Å². The summed E-state index contributed by atoms with van der Waals surface area (Å²) in [5, 5.41) is 3.98. The molecule has 0 spiro atoms. The lowest BCUT2D eigenvalue weighted by Gasteiger charge is -2.39. The summed E-state index contributed by atoms with van der Waals surface area (Å²) in [5.41, 5.74) is 1.91. The van der Waals surface area contributed by atoms with Crippen molar-refractivity contribution in [1.82, 2.24) is 4.90 Å². The average molecular weight is 295 g/mol. The number of amides is 1. The van der Waals surface area contributed by atoms with Crippen LogP contribution in [-0.4, -0.2) is 42.9 Å². The van der Waals surface area contributed by atoms with Gasteiger partial charge in [-0.1, -0.05) is 0 Å². The first-order chi connectivity index (χ1) is 9.60. The molecule has 1 amide bonds. The number of hydrogen-bond donors (Lipinski definition) is 0. The van der Waals surface area contributed by atoms with E-state index >= 15 is 0 Å². The molecule has 0 radical (unpaired) electrons. The maximum Gasteiger partial charge on any atom is 0.254 e. The lowest BCUT2D eigenvalue weighted by Crippen LogP contribution is -2.48. The van der Waals surface area contributed by atoms with Crippen LogP contribution in [0.5, 0.6) is 0 Å². The van der Waals surface area contributed by atoms with Crippen LogP contribution in [-0.2, 0) is 9.47 Å². The number of ether oxygens (including phenoxy) is 2. The lowest BCUT2D eigenvalue weighted by molar-refractivity contribution is -0.189. The highest BCUT2D eigenvalue weighted by molar-refractivity contribution is 7.08. The van der Waals surface area contributed by atoms with Crippen LogP contribution in [0.4, 0.5) is 0 Å². The summed E-state index contributed by atoms with van der Waals surface area (Å²) in [6, 6.07) is 0. The number of hydrogen-bond acceptors (Lipinski definition) is 4. The molecule has 1 aromatic rings. The molecule has 5 heteroatoms. The Labute approximate surface area is 123 Å². The third-order valence-corrected chi connectivity index (χ3v) is 5.26. The summed E-state index contributed by atoms with van der Waals surface area (Å²) < 4.78 is 11.5. The Kier molecular flexibility index (Phi) is 3.84. The summed E-state index contributed by atoms with van der Waals surface area (Å²) in [6.07, 6.45) is 2.07. The molecule has 0 aromatic carbocycles. The van der Waals surface area contributed by atoms with E-state index in [2.05, 4.69) is 0 Å². The highest BCUT2D eigenvalue weighted by Gasteiger charge is 2.42. The van der Waals surface area contributed by atoms with E-state index in [-0.39, 0.29) is 11.8 Å².